The molecular weight excluding hydrogens is 324 g/mol. The number of allylic oxidation sites excluding steroid dienone is 2. The predicted molar refractivity (Wildman–Crippen MR) is 102 cm³/mol. The third kappa shape index (κ3) is 3.07. The Balaban J connectivity index is 1.57. The Hall–Kier alpha value is -1.08. The molecule has 26 heavy (non-hydrogen) atoms. The molecule has 0 amide bonds. The van der Waals surface area contributed by atoms with Crippen LogP contribution >= 0.6 is 0 Å². The van der Waals surface area contributed by atoms with Crippen LogP contribution in [-0.2, 0) is 9.47 Å². The summed E-state index contributed by atoms with van der Waals surface area (Å²) in [5.41, 5.74) is 4.15. The third-order valence-corrected chi connectivity index (χ3v) is 7.61. The van der Waals surface area contributed by atoms with Gasteiger partial charge in [-0.2, -0.15) is 0 Å². The van der Waals surface area contributed by atoms with E-state index in [-0.39, 0.29) is 12.2 Å². The molecule has 1 saturated heterocycles. The van der Waals surface area contributed by atoms with Gasteiger partial charge in [-0.05, 0) is 61.3 Å². The maximum Gasteiger partial charge on any atom is 0.147 e. The molecule has 142 valence electrons. The summed E-state index contributed by atoms with van der Waals surface area (Å²) in [6.45, 7) is 7.53. The van der Waals surface area contributed by atoms with Crippen LogP contribution in [0.3, 0.4) is 0 Å². The van der Waals surface area contributed by atoms with Crippen molar-refractivity contribution >= 4 is 0 Å². The van der Waals surface area contributed by atoms with E-state index in [2.05, 4.69) is 38.7 Å². The lowest BCUT2D eigenvalue weighted by atomic mass is 9.62. The molecule has 0 aromatic heterocycles. The molecule has 4 aliphatic rings. The Morgan fingerprint density at radius 1 is 1.31 bits per heavy atom. The highest BCUT2D eigenvalue weighted by Gasteiger charge is 2.50. The van der Waals surface area contributed by atoms with Crippen molar-refractivity contribution in [3.05, 3.63) is 22.8 Å². The molecule has 1 saturated carbocycles. The summed E-state index contributed by atoms with van der Waals surface area (Å²) in [6.07, 6.45) is 9.51. The van der Waals surface area contributed by atoms with Crippen molar-refractivity contribution in [2.75, 3.05) is 13.4 Å². The molecule has 0 aromatic rings. The van der Waals surface area contributed by atoms with Crippen molar-refractivity contribution in [3.8, 4) is 11.8 Å². The first-order valence-electron chi connectivity index (χ1n) is 10.3. The molecule has 2 bridgehead atoms. The van der Waals surface area contributed by atoms with Crippen LogP contribution in [0.15, 0.2) is 22.8 Å². The van der Waals surface area contributed by atoms with E-state index in [1.807, 2.05) is 0 Å². The third-order valence-electron chi connectivity index (χ3n) is 7.61. The summed E-state index contributed by atoms with van der Waals surface area (Å²) in [6, 6.07) is 0. The molecule has 2 fully saturated rings. The first-order valence-corrected chi connectivity index (χ1v) is 10.3. The van der Waals surface area contributed by atoms with Gasteiger partial charge in [0.05, 0.1) is 12.2 Å². The van der Waals surface area contributed by atoms with Crippen LogP contribution < -0.4 is 0 Å². The second-order valence-corrected chi connectivity index (χ2v) is 9.01. The average Bonchev–Trinajstić information content (AvgIpc) is 3.01. The first-order chi connectivity index (χ1) is 12.5. The van der Waals surface area contributed by atoms with Crippen LogP contribution in [0, 0.1) is 35.0 Å². The Bertz CT molecular complexity index is 679. The molecule has 1 aliphatic heterocycles. The SMILES string of the molecule is CC1=C(C#CC2=CCC[C@@]3(C)C2CC[C@@H]3[C@H](C)CO)C[C@@H]2C[C@@H]1OCO2. The van der Waals surface area contributed by atoms with Crippen molar-refractivity contribution in [1.29, 1.82) is 0 Å². The second kappa shape index (κ2) is 7.15. The lowest BCUT2D eigenvalue weighted by Crippen LogP contribution is -2.36. The summed E-state index contributed by atoms with van der Waals surface area (Å²) >= 11 is 0. The summed E-state index contributed by atoms with van der Waals surface area (Å²) in [4.78, 5) is 0. The Morgan fingerprint density at radius 3 is 2.96 bits per heavy atom. The van der Waals surface area contributed by atoms with Crippen molar-refractivity contribution in [2.45, 2.75) is 71.5 Å². The molecule has 0 spiro atoms. The monoisotopic (exact) mass is 356 g/mol. The molecule has 4 rings (SSSR count). The smallest absolute Gasteiger partial charge is 0.147 e. The molecule has 3 nitrogen and oxygen atoms in total. The fourth-order valence-electron chi connectivity index (χ4n) is 5.93. The number of hydrogen-bond donors (Lipinski definition) is 1. The average molecular weight is 357 g/mol. The standard InChI is InChI=1S/C23H32O3/c1-15(13-24)20-8-9-21-17(5-4-10-23(20,21)3)6-7-18-11-19-12-22(16(18)2)26-14-25-19/h5,15,19-22,24H,4,8-14H2,1-3H3/t15-,19-,20-,21?,22+,23-/m1/s1. The lowest BCUT2D eigenvalue weighted by molar-refractivity contribution is -0.169. The van der Waals surface area contributed by atoms with E-state index in [0.717, 1.165) is 19.3 Å². The van der Waals surface area contributed by atoms with Gasteiger partial charge in [-0.1, -0.05) is 31.8 Å². The minimum atomic E-state index is 0.193. The van der Waals surface area contributed by atoms with Crippen LogP contribution in [0.25, 0.3) is 0 Å². The summed E-state index contributed by atoms with van der Waals surface area (Å²) in [5, 5.41) is 9.67. The van der Waals surface area contributed by atoms with Gasteiger partial charge in [0, 0.05) is 30.6 Å². The molecule has 1 N–H and O–H groups in total. The van der Waals surface area contributed by atoms with Crippen LogP contribution in [0.4, 0.5) is 0 Å². The summed E-state index contributed by atoms with van der Waals surface area (Å²) < 4.78 is 11.4. The first kappa shape index (κ1) is 18.3. The quantitative estimate of drug-likeness (QED) is 0.753. The lowest BCUT2D eigenvalue weighted by Gasteiger charge is -2.42. The zero-order valence-electron chi connectivity index (χ0n) is 16.4. The van der Waals surface area contributed by atoms with Gasteiger partial charge >= 0.3 is 0 Å². The molecular formula is C23H32O3. The van der Waals surface area contributed by atoms with Crippen LogP contribution in [0.5, 0.6) is 0 Å². The predicted octanol–water partition coefficient (Wildman–Crippen LogP) is 4.22. The van der Waals surface area contributed by atoms with Crippen molar-refractivity contribution in [3.63, 3.8) is 0 Å². The van der Waals surface area contributed by atoms with E-state index in [1.165, 1.54) is 36.0 Å². The number of aliphatic hydroxyl groups is 1. The highest BCUT2D eigenvalue weighted by molar-refractivity contribution is 5.45. The minimum Gasteiger partial charge on any atom is -0.396 e. The Labute approximate surface area is 157 Å². The number of aliphatic hydroxyl groups excluding tert-OH is 1. The normalized spacial score (nSPS) is 40.4. The van der Waals surface area contributed by atoms with Gasteiger partial charge in [0.2, 0.25) is 0 Å². The second-order valence-electron chi connectivity index (χ2n) is 9.01. The minimum absolute atomic E-state index is 0.193. The zero-order chi connectivity index (χ0) is 18.3. The maximum absolute atomic E-state index is 9.67. The topological polar surface area (TPSA) is 38.7 Å². The van der Waals surface area contributed by atoms with Crippen molar-refractivity contribution in [1.82, 2.24) is 0 Å². The summed E-state index contributed by atoms with van der Waals surface area (Å²) in [5.74, 6) is 8.62. The number of hydrogen-bond acceptors (Lipinski definition) is 3. The van der Waals surface area contributed by atoms with E-state index in [9.17, 15) is 5.11 Å². The van der Waals surface area contributed by atoms with Gasteiger partial charge in [0.1, 0.15) is 6.79 Å². The van der Waals surface area contributed by atoms with Gasteiger partial charge in [-0.3, -0.25) is 0 Å². The molecule has 1 heterocycles. The summed E-state index contributed by atoms with van der Waals surface area (Å²) in [7, 11) is 0. The van der Waals surface area contributed by atoms with Crippen molar-refractivity contribution in [2.24, 2.45) is 23.2 Å². The van der Waals surface area contributed by atoms with Gasteiger partial charge in [0.15, 0.2) is 0 Å². The van der Waals surface area contributed by atoms with Gasteiger partial charge in [0.25, 0.3) is 0 Å². The molecule has 1 unspecified atom stereocenters. The number of fused-ring (bicyclic) bond motifs is 3. The molecule has 0 radical (unpaired) electrons. The van der Waals surface area contributed by atoms with Gasteiger partial charge in [-0.15, -0.1) is 0 Å². The fraction of sp³-hybridized carbons (Fsp3) is 0.739. The number of ether oxygens (including phenoxy) is 2. The highest BCUT2D eigenvalue weighted by atomic mass is 16.7. The van der Waals surface area contributed by atoms with E-state index in [4.69, 9.17) is 9.47 Å². The largest absolute Gasteiger partial charge is 0.396 e. The van der Waals surface area contributed by atoms with Crippen LogP contribution in [0.1, 0.15) is 59.3 Å². The van der Waals surface area contributed by atoms with E-state index >= 15 is 0 Å². The highest BCUT2D eigenvalue weighted by Crippen LogP contribution is 2.57. The molecule has 0 aromatic carbocycles. The molecule has 3 aliphatic carbocycles. The number of rotatable bonds is 2. The van der Waals surface area contributed by atoms with E-state index in [1.54, 1.807) is 0 Å². The van der Waals surface area contributed by atoms with Crippen LogP contribution in [-0.4, -0.2) is 30.7 Å². The molecule has 3 heteroatoms. The van der Waals surface area contributed by atoms with Crippen LogP contribution in [0.2, 0.25) is 0 Å². The Morgan fingerprint density at radius 2 is 2.15 bits per heavy atom. The maximum atomic E-state index is 9.67. The Kier molecular flexibility index (Phi) is 5.03. The van der Waals surface area contributed by atoms with E-state index in [0.29, 0.717) is 36.6 Å². The van der Waals surface area contributed by atoms with E-state index < -0.39 is 0 Å². The molecule has 6 atom stereocenters. The van der Waals surface area contributed by atoms with Crippen molar-refractivity contribution < 1.29 is 14.6 Å². The van der Waals surface area contributed by atoms with Gasteiger partial charge in [-0.25, -0.2) is 0 Å². The van der Waals surface area contributed by atoms with Gasteiger partial charge < -0.3 is 14.6 Å². The fourth-order valence-corrected chi connectivity index (χ4v) is 5.93. The zero-order valence-corrected chi connectivity index (χ0v) is 16.4.